The van der Waals surface area contributed by atoms with Crippen LogP contribution < -0.4 is 5.32 Å². The van der Waals surface area contributed by atoms with E-state index in [0.29, 0.717) is 19.0 Å². The molecule has 0 aliphatic carbocycles. The van der Waals surface area contributed by atoms with E-state index in [1.807, 2.05) is 30.5 Å². The highest BCUT2D eigenvalue weighted by atomic mass is 35.5. The lowest BCUT2D eigenvalue weighted by Gasteiger charge is -2.22. The number of hydrogen-bond acceptors (Lipinski definition) is 4. The van der Waals surface area contributed by atoms with E-state index in [9.17, 15) is 0 Å². The third-order valence-electron chi connectivity index (χ3n) is 3.31. The highest BCUT2D eigenvalue weighted by Crippen LogP contribution is 2.23. The molecule has 21 heavy (non-hydrogen) atoms. The number of aromatic nitrogens is 3. The van der Waals surface area contributed by atoms with E-state index in [1.165, 1.54) is 5.56 Å². The van der Waals surface area contributed by atoms with Gasteiger partial charge in [0.1, 0.15) is 0 Å². The van der Waals surface area contributed by atoms with Crippen LogP contribution in [0.1, 0.15) is 31.1 Å². The van der Waals surface area contributed by atoms with Crippen LogP contribution in [0.4, 0.5) is 0 Å². The molecule has 114 valence electrons. The van der Waals surface area contributed by atoms with Crippen LogP contribution in [-0.2, 0) is 13.1 Å². The summed E-state index contributed by atoms with van der Waals surface area (Å²) in [5, 5.41) is 21.2. The Labute approximate surface area is 129 Å². The maximum Gasteiger partial charge on any atom is 0.0965 e. The summed E-state index contributed by atoms with van der Waals surface area (Å²) in [6.07, 6.45) is 1.85. The van der Waals surface area contributed by atoms with Gasteiger partial charge in [0.25, 0.3) is 0 Å². The molecule has 0 spiro atoms. The van der Waals surface area contributed by atoms with Crippen molar-refractivity contribution in [3.05, 3.63) is 46.7 Å². The van der Waals surface area contributed by atoms with Crippen molar-refractivity contribution in [3.8, 4) is 0 Å². The third-order valence-corrected chi connectivity index (χ3v) is 3.57. The Morgan fingerprint density at radius 3 is 2.62 bits per heavy atom. The number of aliphatic hydroxyl groups excluding tert-OH is 1. The summed E-state index contributed by atoms with van der Waals surface area (Å²) >= 11 is 5.94. The molecule has 1 aromatic carbocycles. The molecule has 0 radical (unpaired) electrons. The molecule has 0 aliphatic rings. The largest absolute Gasteiger partial charge is 0.394 e. The summed E-state index contributed by atoms with van der Waals surface area (Å²) in [4.78, 5) is 0. The summed E-state index contributed by atoms with van der Waals surface area (Å²) < 4.78 is 1.64. The second-order valence-electron chi connectivity index (χ2n) is 5.35. The molecule has 1 unspecified atom stereocenters. The number of rotatable bonds is 7. The van der Waals surface area contributed by atoms with E-state index >= 15 is 0 Å². The zero-order valence-corrected chi connectivity index (χ0v) is 13.1. The minimum Gasteiger partial charge on any atom is -0.394 e. The van der Waals surface area contributed by atoms with E-state index in [4.69, 9.17) is 16.7 Å². The Morgan fingerprint density at radius 1 is 1.29 bits per heavy atom. The number of nitrogens with zero attached hydrogens (tertiary/aromatic N) is 3. The summed E-state index contributed by atoms with van der Waals surface area (Å²) in [5.74, 6) is 0.443. The van der Waals surface area contributed by atoms with Crippen molar-refractivity contribution in [2.24, 2.45) is 5.92 Å². The molecule has 1 atom stereocenters. The van der Waals surface area contributed by atoms with Crippen molar-refractivity contribution in [2.45, 2.75) is 33.0 Å². The lowest BCUT2D eigenvalue weighted by atomic mass is 9.96. The smallest absolute Gasteiger partial charge is 0.0965 e. The molecule has 1 heterocycles. The lowest BCUT2D eigenvalue weighted by Crippen LogP contribution is -2.25. The van der Waals surface area contributed by atoms with Crippen LogP contribution in [-0.4, -0.2) is 26.7 Å². The van der Waals surface area contributed by atoms with Gasteiger partial charge in [-0.3, -0.25) is 0 Å². The molecule has 0 saturated carbocycles. The molecular formula is C15H21ClN4O. The standard InChI is InChI=1S/C15H21ClN4O/c1-11(2)15(12-3-5-13(16)6-4-12)17-9-14-10-20(7-8-21)19-18-14/h3-6,10-11,15,17,21H,7-9H2,1-2H3. The molecule has 2 N–H and O–H groups in total. The van der Waals surface area contributed by atoms with Gasteiger partial charge < -0.3 is 10.4 Å². The summed E-state index contributed by atoms with van der Waals surface area (Å²) in [6, 6.07) is 8.13. The molecule has 0 saturated heterocycles. The SMILES string of the molecule is CC(C)C(NCc1cn(CCO)nn1)c1ccc(Cl)cc1. The van der Waals surface area contributed by atoms with E-state index in [0.717, 1.165) is 10.7 Å². The van der Waals surface area contributed by atoms with Crippen LogP contribution >= 0.6 is 11.6 Å². The Hall–Kier alpha value is -1.43. The monoisotopic (exact) mass is 308 g/mol. The average molecular weight is 309 g/mol. The van der Waals surface area contributed by atoms with Gasteiger partial charge in [-0.05, 0) is 23.6 Å². The van der Waals surface area contributed by atoms with Crippen LogP contribution in [0.15, 0.2) is 30.5 Å². The highest BCUT2D eigenvalue weighted by Gasteiger charge is 2.15. The van der Waals surface area contributed by atoms with Crippen molar-refractivity contribution in [1.29, 1.82) is 0 Å². The molecular weight excluding hydrogens is 288 g/mol. The Balaban J connectivity index is 2.01. The number of nitrogens with one attached hydrogen (secondary N) is 1. The van der Waals surface area contributed by atoms with E-state index < -0.39 is 0 Å². The maximum absolute atomic E-state index is 8.88. The molecule has 6 heteroatoms. The molecule has 5 nitrogen and oxygen atoms in total. The van der Waals surface area contributed by atoms with Crippen LogP contribution in [0.2, 0.25) is 5.02 Å². The van der Waals surface area contributed by atoms with Gasteiger partial charge in [0.2, 0.25) is 0 Å². The number of aliphatic hydroxyl groups is 1. The van der Waals surface area contributed by atoms with Gasteiger partial charge in [0.15, 0.2) is 0 Å². The van der Waals surface area contributed by atoms with Gasteiger partial charge in [-0.15, -0.1) is 5.10 Å². The topological polar surface area (TPSA) is 63.0 Å². The number of halogens is 1. The van der Waals surface area contributed by atoms with Gasteiger partial charge in [0.05, 0.1) is 18.8 Å². The molecule has 2 rings (SSSR count). The molecule has 1 aromatic heterocycles. The predicted molar refractivity (Wildman–Crippen MR) is 83.0 cm³/mol. The second kappa shape index (κ2) is 7.54. The number of benzene rings is 1. The van der Waals surface area contributed by atoms with Gasteiger partial charge in [-0.25, -0.2) is 4.68 Å². The van der Waals surface area contributed by atoms with Gasteiger partial charge in [-0.2, -0.15) is 0 Å². The minimum atomic E-state index is 0.0651. The Kier molecular flexibility index (Phi) is 5.73. The highest BCUT2D eigenvalue weighted by molar-refractivity contribution is 6.30. The Morgan fingerprint density at radius 2 is 2.00 bits per heavy atom. The first kappa shape index (κ1) is 15.9. The van der Waals surface area contributed by atoms with E-state index in [1.54, 1.807) is 4.68 Å². The fourth-order valence-corrected chi connectivity index (χ4v) is 2.38. The molecule has 0 fully saturated rings. The summed E-state index contributed by atoms with van der Waals surface area (Å²) in [6.45, 7) is 5.52. The van der Waals surface area contributed by atoms with Crippen molar-refractivity contribution in [2.75, 3.05) is 6.61 Å². The quantitative estimate of drug-likeness (QED) is 0.824. The van der Waals surface area contributed by atoms with Crippen LogP contribution in [0.5, 0.6) is 0 Å². The second-order valence-corrected chi connectivity index (χ2v) is 5.79. The van der Waals surface area contributed by atoms with Gasteiger partial charge in [-0.1, -0.05) is 42.8 Å². The van der Waals surface area contributed by atoms with Gasteiger partial charge in [0, 0.05) is 23.8 Å². The van der Waals surface area contributed by atoms with Crippen molar-refractivity contribution >= 4 is 11.6 Å². The molecule has 0 aliphatic heterocycles. The molecule has 0 bridgehead atoms. The zero-order chi connectivity index (χ0) is 15.2. The normalized spacial score (nSPS) is 12.8. The van der Waals surface area contributed by atoms with Crippen molar-refractivity contribution in [3.63, 3.8) is 0 Å². The first-order chi connectivity index (χ1) is 10.1. The van der Waals surface area contributed by atoms with Crippen LogP contribution in [0.3, 0.4) is 0 Å². The predicted octanol–water partition coefficient (Wildman–Crippen LogP) is 2.41. The van der Waals surface area contributed by atoms with E-state index in [-0.39, 0.29) is 12.6 Å². The third kappa shape index (κ3) is 4.52. The fourth-order valence-electron chi connectivity index (χ4n) is 2.25. The lowest BCUT2D eigenvalue weighted by molar-refractivity contribution is 0.268. The first-order valence-corrected chi connectivity index (χ1v) is 7.46. The summed E-state index contributed by atoms with van der Waals surface area (Å²) in [7, 11) is 0. The fraction of sp³-hybridized carbons (Fsp3) is 0.467. The Bertz CT molecular complexity index is 553. The summed E-state index contributed by atoms with van der Waals surface area (Å²) in [5.41, 5.74) is 2.07. The van der Waals surface area contributed by atoms with Crippen molar-refractivity contribution < 1.29 is 5.11 Å². The molecule has 2 aromatic rings. The van der Waals surface area contributed by atoms with Crippen molar-refractivity contribution in [1.82, 2.24) is 20.3 Å². The minimum absolute atomic E-state index is 0.0651. The zero-order valence-electron chi connectivity index (χ0n) is 12.3. The average Bonchev–Trinajstić information content (AvgIpc) is 2.89. The number of hydrogen-bond donors (Lipinski definition) is 2. The first-order valence-electron chi connectivity index (χ1n) is 7.09. The van der Waals surface area contributed by atoms with Crippen LogP contribution in [0.25, 0.3) is 0 Å². The maximum atomic E-state index is 8.88. The van der Waals surface area contributed by atoms with E-state index in [2.05, 4.69) is 29.5 Å². The van der Waals surface area contributed by atoms with Crippen LogP contribution in [0, 0.1) is 5.92 Å². The molecule has 0 amide bonds. The van der Waals surface area contributed by atoms with Gasteiger partial charge >= 0.3 is 0 Å².